The lowest BCUT2D eigenvalue weighted by Crippen LogP contribution is -2.30. The average molecular weight is 892 g/mol. The van der Waals surface area contributed by atoms with Crippen molar-refractivity contribution in [3.8, 4) is 0 Å². The van der Waals surface area contributed by atoms with Gasteiger partial charge in [0.2, 0.25) is 0 Å². The van der Waals surface area contributed by atoms with Gasteiger partial charge in [0.15, 0.2) is 6.10 Å². The van der Waals surface area contributed by atoms with Crippen LogP contribution >= 0.6 is 0 Å². The van der Waals surface area contributed by atoms with Gasteiger partial charge in [0.25, 0.3) is 0 Å². The Labute approximate surface area is 393 Å². The molecular formula is C57H110O6. The summed E-state index contributed by atoms with van der Waals surface area (Å²) in [7, 11) is 0. The van der Waals surface area contributed by atoms with E-state index in [0.717, 1.165) is 57.8 Å². The molecule has 0 aliphatic heterocycles. The lowest BCUT2D eigenvalue weighted by atomic mass is 10.0. The Hall–Kier alpha value is -1.59. The normalized spacial score (nSPS) is 11.9. The summed E-state index contributed by atoms with van der Waals surface area (Å²) in [5.41, 5.74) is 0. The van der Waals surface area contributed by atoms with Crippen molar-refractivity contribution in [2.75, 3.05) is 13.2 Å². The van der Waals surface area contributed by atoms with Gasteiger partial charge in [0.05, 0.1) is 0 Å². The largest absolute Gasteiger partial charge is 0.462 e. The fourth-order valence-electron chi connectivity index (χ4n) is 8.80. The highest BCUT2D eigenvalue weighted by Gasteiger charge is 2.19. The van der Waals surface area contributed by atoms with Crippen LogP contribution in [0.2, 0.25) is 0 Å². The molecule has 0 aromatic heterocycles. The minimum atomic E-state index is -0.760. The Morgan fingerprint density at radius 3 is 0.635 bits per heavy atom. The smallest absolute Gasteiger partial charge is 0.306 e. The highest BCUT2D eigenvalue weighted by atomic mass is 16.6. The van der Waals surface area contributed by atoms with E-state index in [1.165, 1.54) is 231 Å². The summed E-state index contributed by atoms with van der Waals surface area (Å²) >= 11 is 0. The summed E-state index contributed by atoms with van der Waals surface area (Å²) in [6.45, 7) is 6.70. The SMILES string of the molecule is CCCCCCCCCCCCCCCCCCC(=O)OCC(COC(=O)CCCCCCCCCCCCCCC)OC(=O)CCCCCCCCCCCCCCCCCC. The molecule has 0 aliphatic carbocycles. The Balaban J connectivity index is 4.29. The summed E-state index contributed by atoms with van der Waals surface area (Å²) in [6, 6.07) is 0. The van der Waals surface area contributed by atoms with E-state index in [1.807, 2.05) is 0 Å². The number of hydrogen-bond donors (Lipinski definition) is 0. The molecule has 0 spiro atoms. The third-order valence-corrected chi connectivity index (χ3v) is 13.1. The van der Waals surface area contributed by atoms with E-state index in [0.29, 0.717) is 19.3 Å². The van der Waals surface area contributed by atoms with Crippen molar-refractivity contribution in [3.63, 3.8) is 0 Å². The summed E-state index contributed by atoms with van der Waals surface area (Å²) in [5.74, 6) is -0.833. The molecule has 0 aliphatic rings. The molecule has 0 rings (SSSR count). The van der Waals surface area contributed by atoms with Gasteiger partial charge in [-0.15, -0.1) is 0 Å². The van der Waals surface area contributed by atoms with Crippen LogP contribution in [0.3, 0.4) is 0 Å². The minimum Gasteiger partial charge on any atom is -0.462 e. The minimum absolute atomic E-state index is 0.0611. The van der Waals surface area contributed by atoms with Gasteiger partial charge in [-0.05, 0) is 19.3 Å². The first-order valence-electron chi connectivity index (χ1n) is 28.5. The maximum Gasteiger partial charge on any atom is 0.306 e. The van der Waals surface area contributed by atoms with Crippen LogP contribution in [0.15, 0.2) is 0 Å². The molecular weight excluding hydrogens is 781 g/mol. The van der Waals surface area contributed by atoms with Crippen LogP contribution in [-0.2, 0) is 28.6 Å². The van der Waals surface area contributed by atoms with Crippen LogP contribution < -0.4 is 0 Å². The van der Waals surface area contributed by atoms with Crippen molar-refractivity contribution in [3.05, 3.63) is 0 Å². The lowest BCUT2D eigenvalue weighted by molar-refractivity contribution is -0.167. The summed E-state index contributed by atoms with van der Waals surface area (Å²) in [6.07, 6.45) is 58.0. The number of ether oxygens (including phenoxy) is 3. The molecule has 0 N–H and O–H groups in total. The lowest BCUT2D eigenvalue weighted by Gasteiger charge is -2.18. The summed E-state index contributed by atoms with van der Waals surface area (Å²) in [5, 5.41) is 0. The van der Waals surface area contributed by atoms with Crippen molar-refractivity contribution >= 4 is 17.9 Å². The van der Waals surface area contributed by atoms with Crippen molar-refractivity contribution in [2.24, 2.45) is 0 Å². The van der Waals surface area contributed by atoms with Crippen LogP contribution in [-0.4, -0.2) is 37.2 Å². The van der Waals surface area contributed by atoms with Crippen molar-refractivity contribution in [1.29, 1.82) is 0 Å². The van der Waals surface area contributed by atoms with Gasteiger partial charge >= 0.3 is 17.9 Å². The Morgan fingerprint density at radius 2 is 0.429 bits per heavy atom. The molecule has 1 unspecified atom stereocenters. The van der Waals surface area contributed by atoms with Gasteiger partial charge < -0.3 is 14.2 Å². The quantitative estimate of drug-likeness (QED) is 0.0344. The highest BCUT2D eigenvalue weighted by molar-refractivity contribution is 5.71. The van der Waals surface area contributed by atoms with E-state index in [9.17, 15) is 14.4 Å². The molecule has 0 amide bonds. The molecule has 6 nitrogen and oxygen atoms in total. The molecule has 63 heavy (non-hydrogen) atoms. The standard InChI is InChI=1S/C57H110O6/c1-4-7-10-13-16-19-22-25-27-29-32-35-38-41-44-47-50-56(59)62-53-54(52-61-55(58)49-46-43-40-37-34-31-24-21-18-15-12-9-6-3)63-57(60)51-48-45-42-39-36-33-30-28-26-23-20-17-14-11-8-5-2/h54H,4-53H2,1-3H3. The molecule has 0 fully saturated rings. The molecule has 1 atom stereocenters. The molecule has 0 saturated carbocycles. The predicted octanol–water partition coefficient (Wildman–Crippen LogP) is 18.8. The third-order valence-electron chi connectivity index (χ3n) is 13.1. The van der Waals surface area contributed by atoms with E-state index < -0.39 is 6.10 Å². The first kappa shape index (κ1) is 61.4. The molecule has 0 radical (unpaired) electrons. The molecule has 0 aromatic carbocycles. The van der Waals surface area contributed by atoms with E-state index in [1.54, 1.807) is 0 Å². The maximum absolute atomic E-state index is 12.8. The van der Waals surface area contributed by atoms with Gasteiger partial charge in [0, 0.05) is 19.3 Å². The fourth-order valence-corrected chi connectivity index (χ4v) is 8.80. The average Bonchev–Trinajstić information content (AvgIpc) is 3.28. The fraction of sp³-hybridized carbons (Fsp3) is 0.947. The number of unbranched alkanes of at least 4 members (excludes halogenated alkanes) is 42. The van der Waals surface area contributed by atoms with Crippen LogP contribution in [0.4, 0.5) is 0 Å². The summed E-state index contributed by atoms with van der Waals surface area (Å²) < 4.78 is 16.9. The monoisotopic (exact) mass is 891 g/mol. The van der Waals surface area contributed by atoms with Gasteiger partial charge in [-0.3, -0.25) is 14.4 Å². The number of hydrogen-bond acceptors (Lipinski definition) is 6. The molecule has 0 heterocycles. The van der Waals surface area contributed by atoms with Crippen LogP contribution in [0.25, 0.3) is 0 Å². The first-order valence-corrected chi connectivity index (χ1v) is 28.5. The van der Waals surface area contributed by atoms with Crippen molar-refractivity contribution in [2.45, 2.75) is 335 Å². The van der Waals surface area contributed by atoms with E-state index >= 15 is 0 Å². The van der Waals surface area contributed by atoms with E-state index in [2.05, 4.69) is 20.8 Å². The second kappa shape index (κ2) is 53.0. The predicted molar refractivity (Wildman–Crippen MR) is 270 cm³/mol. The molecule has 0 bridgehead atoms. The van der Waals surface area contributed by atoms with Crippen LogP contribution in [0.5, 0.6) is 0 Å². The Bertz CT molecular complexity index is 936. The van der Waals surface area contributed by atoms with Gasteiger partial charge in [-0.1, -0.05) is 290 Å². The zero-order valence-corrected chi connectivity index (χ0v) is 42.9. The zero-order chi connectivity index (χ0) is 45.8. The van der Waals surface area contributed by atoms with Crippen molar-refractivity contribution < 1.29 is 28.6 Å². The van der Waals surface area contributed by atoms with Gasteiger partial charge in [-0.25, -0.2) is 0 Å². The molecule has 0 aromatic rings. The number of rotatable bonds is 53. The van der Waals surface area contributed by atoms with Crippen LogP contribution in [0, 0.1) is 0 Å². The van der Waals surface area contributed by atoms with Gasteiger partial charge in [0.1, 0.15) is 13.2 Å². The first-order chi connectivity index (χ1) is 31.0. The number of carbonyl (C=O) groups is 3. The number of esters is 3. The van der Waals surface area contributed by atoms with Gasteiger partial charge in [-0.2, -0.15) is 0 Å². The third kappa shape index (κ3) is 51.3. The van der Waals surface area contributed by atoms with E-state index in [-0.39, 0.29) is 31.1 Å². The second-order valence-corrected chi connectivity index (χ2v) is 19.6. The Morgan fingerprint density at radius 1 is 0.254 bits per heavy atom. The van der Waals surface area contributed by atoms with E-state index in [4.69, 9.17) is 14.2 Å². The molecule has 374 valence electrons. The summed E-state index contributed by atoms with van der Waals surface area (Å²) in [4.78, 5) is 38.1. The second-order valence-electron chi connectivity index (χ2n) is 19.6. The highest BCUT2D eigenvalue weighted by Crippen LogP contribution is 2.17. The number of carbonyl (C=O) groups excluding carboxylic acids is 3. The molecule has 6 heteroatoms. The van der Waals surface area contributed by atoms with Crippen molar-refractivity contribution in [1.82, 2.24) is 0 Å². The topological polar surface area (TPSA) is 78.9 Å². The Kier molecular flexibility index (Phi) is 51.7. The molecule has 0 saturated heterocycles. The zero-order valence-electron chi connectivity index (χ0n) is 42.9. The maximum atomic E-state index is 12.8. The van der Waals surface area contributed by atoms with Crippen LogP contribution in [0.1, 0.15) is 329 Å².